The predicted octanol–water partition coefficient (Wildman–Crippen LogP) is 2.08. The van der Waals surface area contributed by atoms with E-state index in [4.69, 9.17) is 0 Å². The first-order chi connectivity index (χ1) is 9.42. The Morgan fingerprint density at radius 3 is 2.60 bits per heavy atom. The lowest BCUT2D eigenvalue weighted by Crippen LogP contribution is -2.54. The highest BCUT2D eigenvalue weighted by molar-refractivity contribution is 5.44. The lowest BCUT2D eigenvalue weighted by Gasteiger charge is -2.41. The molecule has 2 aliphatic rings. The Balaban J connectivity index is 2.00. The van der Waals surface area contributed by atoms with Gasteiger partial charge in [-0.05, 0) is 48.8 Å². The van der Waals surface area contributed by atoms with Crippen LogP contribution in [0.25, 0.3) is 0 Å². The van der Waals surface area contributed by atoms with Crippen molar-refractivity contribution in [3.63, 3.8) is 0 Å². The Bertz CT molecular complexity index is 516. The van der Waals surface area contributed by atoms with Gasteiger partial charge in [-0.3, -0.25) is 0 Å². The molecule has 1 aromatic rings. The number of fused-ring (bicyclic) bond motifs is 2. The molecular formula is C16H23NO3. The van der Waals surface area contributed by atoms with Crippen LogP contribution in [0.2, 0.25) is 0 Å². The van der Waals surface area contributed by atoms with E-state index in [1.165, 1.54) is 12.1 Å². The number of nitrogens with one attached hydrogen (secondary N) is 1. The fourth-order valence-electron chi connectivity index (χ4n) is 4.14. The number of phenols is 2. The molecule has 3 rings (SSSR count). The molecule has 0 aromatic heterocycles. The number of aromatic hydroxyl groups is 2. The van der Waals surface area contributed by atoms with Crippen LogP contribution in [-0.2, 0) is 5.60 Å². The van der Waals surface area contributed by atoms with Crippen LogP contribution in [0.5, 0.6) is 11.5 Å². The minimum atomic E-state index is -0.946. The summed E-state index contributed by atoms with van der Waals surface area (Å²) in [6.45, 7) is 4.17. The van der Waals surface area contributed by atoms with Crippen LogP contribution in [0, 0.1) is 11.8 Å². The van der Waals surface area contributed by atoms with Crippen molar-refractivity contribution in [3.8, 4) is 11.5 Å². The molecule has 0 saturated heterocycles. The largest absolute Gasteiger partial charge is 0.504 e. The van der Waals surface area contributed by atoms with E-state index in [-0.39, 0.29) is 23.5 Å². The molecule has 0 radical (unpaired) electrons. The molecular weight excluding hydrogens is 254 g/mol. The molecule has 2 aliphatic carbocycles. The molecule has 0 unspecified atom stereocenters. The molecule has 110 valence electrons. The van der Waals surface area contributed by atoms with Crippen molar-refractivity contribution in [3.05, 3.63) is 23.8 Å². The Labute approximate surface area is 119 Å². The summed E-state index contributed by atoms with van der Waals surface area (Å²) >= 11 is 0. The Morgan fingerprint density at radius 2 is 1.95 bits per heavy atom. The number of phenolic OH excluding ortho intramolecular Hbond substituents is 2. The van der Waals surface area contributed by atoms with Crippen molar-refractivity contribution in [2.24, 2.45) is 11.8 Å². The van der Waals surface area contributed by atoms with Crippen LogP contribution >= 0.6 is 0 Å². The smallest absolute Gasteiger partial charge is 0.157 e. The first-order valence-electron chi connectivity index (χ1n) is 7.43. The third-order valence-corrected chi connectivity index (χ3v) is 4.99. The molecule has 2 bridgehead atoms. The average molecular weight is 277 g/mol. The van der Waals surface area contributed by atoms with Gasteiger partial charge >= 0.3 is 0 Å². The zero-order valence-corrected chi connectivity index (χ0v) is 12.0. The maximum atomic E-state index is 11.3. The van der Waals surface area contributed by atoms with Gasteiger partial charge in [0.2, 0.25) is 0 Å². The average Bonchev–Trinajstić information content (AvgIpc) is 2.95. The molecule has 2 saturated carbocycles. The molecule has 2 fully saturated rings. The third kappa shape index (κ3) is 1.90. The summed E-state index contributed by atoms with van der Waals surface area (Å²) in [5.41, 5.74) is -0.239. The van der Waals surface area contributed by atoms with Crippen LogP contribution in [0.15, 0.2) is 18.2 Å². The molecule has 4 nitrogen and oxygen atoms in total. The van der Waals surface area contributed by atoms with Crippen molar-refractivity contribution in [1.29, 1.82) is 0 Å². The second kappa shape index (κ2) is 4.64. The molecule has 0 amide bonds. The van der Waals surface area contributed by atoms with Gasteiger partial charge in [0.05, 0.1) is 0 Å². The highest BCUT2D eigenvalue weighted by Gasteiger charge is 2.58. The summed E-state index contributed by atoms with van der Waals surface area (Å²) in [5.74, 6) is 0.409. The molecule has 0 aliphatic heterocycles. The standard InChI is InChI=1S/C16H23NO3/c1-9(2)17-15-10-3-4-11(7-10)16(15,20)12-5-6-13(18)14(19)8-12/h5-6,8-11,15,17-20H,3-4,7H2,1-2H3/t10-,11-,15+,16-/m0/s1. The van der Waals surface area contributed by atoms with Gasteiger partial charge in [0.25, 0.3) is 0 Å². The first kappa shape index (κ1) is 13.7. The highest BCUT2D eigenvalue weighted by atomic mass is 16.3. The van der Waals surface area contributed by atoms with Crippen molar-refractivity contribution in [2.45, 2.75) is 50.8 Å². The third-order valence-electron chi connectivity index (χ3n) is 4.99. The number of hydrogen-bond acceptors (Lipinski definition) is 4. The van der Waals surface area contributed by atoms with Crippen molar-refractivity contribution in [1.82, 2.24) is 5.32 Å². The Kier molecular flexibility index (Phi) is 3.18. The van der Waals surface area contributed by atoms with E-state index < -0.39 is 5.60 Å². The van der Waals surface area contributed by atoms with Gasteiger partial charge < -0.3 is 20.6 Å². The van der Waals surface area contributed by atoms with Crippen LogP contribution in [0.1, 0.15) is 38.7 Å². The Hall–Kier alpha value is -1.26. The van der Waals surface area contributed by atoms with Gasteiger partial charge in [-0.15, -0.1) is 0 Å². The van der Waals surface area contributed by atoms with E-state index in [1.807, 2.05) is 0 Å². The molecule has 4 atom stereocenters. The van der Waals surface area contributed by atoms with E-state index in [0.29, 0.717) is 17.5 Å². The molecule has 4 heteroatoms. The van der Waals surface area contributed by atoms with Gasteiger partial charge in [0.15, 0.2) is 11.5 Å². The van der Waals surface area contributed by atoms with Gasteiger partial charge in [-0.1, -0.05) is 19.9 Å². The number of hydrogen-bond donors (Lipinski definition) is 4. The van der Waals surface area contributed by atoms with E-state index in [9.17, 15) is 15.3 Å². The summed E-state index contributed by atoms with van der Waals surface area (Å²) in [5, 5.41) is 34.0. The monoisotopic (exact) mass is 277 g/mol. The topological polar surface area (TPSA) is 72.7 Å². The normalized spacial score (nSPS) is 35.9. The highest BCUT2D eigenvalue weighted by Crippen LogP contribution is 2.56. The molecule has 0 spiro atoms. The van der Waals surface area contributed by atoms with Gasteiger partial charge in [-0.2, -0.15) is 0 Å². The second-order valence-electron chi connectivity index (χ2n) is 6.60. The molecule has 4 N–H and O–H groups in total. The number of rotatable bonds is 3. The SMILES string of the molecule is CC(C)N[C@@H]1[C@H]2CC[C@@H](C2)[C@]1(O)c1ccc(O)c(O)c1. The van der Waals surface area contributed by atoms with E-state index in [2.05, 4.69) is 19.2 Å². The van der Waals surface area contributed by atoms with Gasteiger partial charge in [-0.25, -0.2) is 0 Å². The number of benzene rings is 1. The van der Waals surface area contributed by atoms with Crippen molar-refractivity contribution >= 4 is 0 Å². The summed E-state index contributed by atoms with van der Waals surface area (Å²) in [7, 11) is 0. The fraction of sp³-hybridized carbons (Fsp3) is 0.625. The van der Waals surface area contributed by atoms with E-state index in [0.717, 1.165) is 19.3 Å². The lowest BCUT2D eigenvalue weighted by molar-refractivity contribution is -0.0484. The molecule has 0 heterocycles. The predicted molar refractivity (Wildman–Crippen MR) is 76.6 cm³/mol. The van der Waals surface area contributed by atoms with Crippen molar-refractivity contribution in [2.75, 3.05) is 0 Å². The quantitative estimate of drug-likeness (QED) is 0.638. The minimum Gasteiger partial charge on any atom is -0.504 e. The van der Waals surface area contributed by atoms with E-state index in [1.54, 1.807) is 6.07 Å². The van der Waals surface area contributed by atoms with Crippen molar-refractivity contribution < 1.29 is 15.3 Å². The van der Waals surface area contributed by atoms with Crippen LogP contribution in [0.3, 0.4) is 0 Å². The molecule has 1 aromatic carbocycles. The van der Waals surface area contributed by atoms with Crippen LogP contribution < -0.4 is 5.32 Å². The summed E-state index contributed by atoms with van der Waals surface area (Å²) in [4.78, 5) is 0. The lowest BCUT2D eigenvalue weighted by atomic mass is 9.75. The van der Waals surface area contributed by atoms with Gasteiger partial charge in [0.1, 0.15) is 5.60 Å². The summed E-state index contributed by atoms with van der Waals surface area (Å²) < 4.78 is 0. The minimum absolute atomic E-state index is 0.0187. The van der Waals surface area contributed by atoms with Crippen LogP contribution in [-0.4, -0.2) is 27.4 Å². The first-order valence-corrected chi connectivity index (χ1v) is 7.43. The molecule has 20 heavy (non-hydrogen) atoms. The zero-order chi connectivity index (χ0) is 14.5. The van der Waals surface area contributed by atoms with Gasteiger partial charge in [0, 0.05) is 12.1 Å². The fourth-order valence-corrected chi connectivity index (χ4v) is 4.14. The summed E-state index contributed by atoms with van der Waals surface area (Å²) in [6.07, 6.45) is 3.21. The summed E-state index contributed by atoms with van der Waals surface area (Å²) in [6, 6.07) is 5.01. The number of aliphatic hydroxyl groups is 1. The maximum Gasteiger partial charge on any atom is 0.157 e. The Morgan fingerprint density at radius 1 is 1.20 bits per heavy atom. The van der Waals surface area contributed by atoms with Crippen LogP contribution in [0.4, 0.5) is 0 Å². The second-order valence-corrected chi connectivity index (χ2v) is 6.60. The maximum absolute atomic E-state index is 11.3. The zero-order valence-electron chi connectivity index (χ0n) is 12.0. The van der Waals surface area contributed by atoms with E-state index >= 15 is 0 Å².